The molecule has 1 aliphatic carbocycles. The quantitative estimate of drug-likeness (QED) is 0.798. The minimum Gasteiger partial charge on any atom is -0.481 e. The average Bonchev–Trinajstić information content (AvgIpc) is 2.54. The third kappa shape index (κ3) is 4.84. The lowest BCUT2D eigenvalue weighted by Gasteiger charge is -2.33. The molecule has 1 amide bonds. The molecule has 138 valence electrons. The molecule has 0 aromatic heterocycles. The topological polar surface area (TPSA) is 75.6 Å². The number of carbonyl (C=O) groups is 2. The zero-order valence-corrected chi connectivity index (χ0v) is 13.5. The molecule has 0 radical (unpaired) electrons. The summed E-state index contributed by atoms with van der Waals surface area (Å²) in [6, 6.07) is 0. The van der Waals surface area contributed by atoms with Crippen molar-refractivity contribution in [3.05, 3.63) is 0 Å². The van der Waals surface area contributed by atoms with Crippen molar-refractivity contribution in [1.82, 2.24) is 5.32 Å². The van der Waals surface area contributed by atoms with Gasteiger partial charge in [0.25, 0.3) is 0 Å². The van der Waals surface area contributed by atoms with Gasteiger partial charge in [-0.05, 0) is 31.6 Å². The van der Waals surface area contributed by atoms with Gasteiger partial charge in [0.15, 0.2) is 0 Å². The van der Waals surface area contributed by atoms with Crippen LogP contribution in [0.5, 0.6) is 0 Å². The fraction of sp³-hybridized carbons (Fsp3) is 0.875. The number of carboxylic acids is 1. The largest absolute Gasteiger partial charge is 0.481 e. The summed E-state index contributed by atoms with van der Waals surface area (Å²) >= 11 is 0. The van der Waals surface area contributed by atoms with Crippen molar-refractivity contribution in [1.29, 1.82) is 0 Å². The highest BCUT2D eigenvalue weighted by molar-refractivity contribution is 5.80. The van der Waals surface area contributed by atoms with E-state index < -0.39 is 35.8 Å². The van der Waals surface area contributed by atoms with E-state index >= 15 is 0 Å². The first-order valence-electron chi connectivity index (χ1n) is 8.45. The van der Waals surface area contributed by atoms with Crippen LogP contribution in [0.1, 0.15) is 38.5 Å². The Bertz CT molecular complexity index is 449. The predicted molar refractivity (Wildman–Crippen MR) is 79.2 cm³/mol. The second-order valence-corrected chi connectivity index (χ2v) is 6.68. The zero-order chi connectivity index (χ0) is 17.7. The van der Waals surface area contributed by atoms with Gasteiger partial charge in [-0.25, -0.2) is 0 Å². The number of alkyl halides is 3. The molecule has 2 aliphatic rings. The second-order valence-electron chi connectivity index (χ2n) is 6.68. The van der Waals surface area contributed by atoms with Crippen molar-refractivity contribution >= 4 is 11.9 Å². The smallest absolute Gasteiger partial charge is 0.392 e. The normalized spacial score (nSPS) is 27.5. The van der Waals surface area contributed by atoms with E-state index in [0.29, 0.717) is 38.9 Å². The third-order valence-corrected chi connectivity index (χ3v) is 5.17. The molecule has 3 unspecified atom stereocenters. The van der Waals surface area contributed by atoms with E-state index in [1.54, 1.807) is 0 Å². The number of amides is 1. The van der Waals surface area contributed by atoms with Crippen LogP contribution in [0.3, 0.4) is 0 Å². The molecule has 0 bridgehead atoms. The minimum atomic E-state index is -4.39. The van der Waals surface area contributed by atoms with Gasteiger partial charge in [-0.2, -0.15) is 13.2 Å². The Hall–Kier alpha value is -1.31. The fourth-order valence-corrected chi connectivity index (χ4v) is 3.75. The van der Waals surface area contributed by atoms with Crippen LogP contribution in [0.25, 0.3) is 0 Å². The molecule has 8 heteroatoms. The lowest BCUT2D eigenvalue weighted by Crippen LogP contribution is -2.45. The van der Waals surface area contributed by atoms with Gasteiger partial charge in [-0.1, -0.05) is 12.8 Å². The molecule has 1 heterocycles. The molecule has 2 N–H and O–H groups in total. The van der Waals surface area contributed by atoms with Gasteiger partial charge in [0.1, 0.15) is 0 Å². The van der Waals surface area contributed by atoms with E-state index in [-0.39, 0.29) is 25.3 Å². The van der Waals surface area contributed by atoms with E-state index in [1.807, 2.05) is 0 Å². The molecule has 2 rings (SSSR count). The molecule has 0 spiro atoms. The molecular weight excluding hydrogens is 327 g/mol. The number of nitrogens with one attached hydrogen (secondary N) is 1. The number of carboxylic acid groups (broad SMARTS) is 1. The van der Waals surface area contributed by atoms with Crippen LogP contribution in [0.15, 0.2) is 0 Å². The van der Waals surface area contributed by atoms with Crippen LogP contribution in [0, 0.1) is 23.7 Å². The molecule has 0 aromatic rings. The van der Waals surface area contributed by atoms with Crippen molar-refractivity contribution < 1.29 is 32.6 Å². The number of hydrogen-bond acceptors (Lipinski definition) is 3. The average molecular weight is 351 g/mol. The van der Waals surface area contributed by atoms with E-state index in [1.165, 1.54) is 0 Å². The number of ether oxygens (including phenoxy) is 1. The van der Waals surface area contributed by atoms with Crippen LogP contribution in [-0.4, -0.2) is 42.9 Å². The maximum Gasteiger partial charge on any atom is 0.392 e. The molecule has 3 atom stereocenters. The molecule has 5 nitrogen and oxygen atoms in total. The van der Waals surface area contributed by atoms with E-state index in [9.17, 15) is 27.9 Å². The monoisotopic (exact) mass is 351 g/mol. The van der Waals surface area contributed by atoms with Gasteiger partial charge in [0.2, 0.25) is 5.91 Å². The Labute approximate surface area is 138 Å². The Morgan fingerprint density at radius 1 is 1.12 bits per heavy atom. The molecule has 24 heavy (non-hydrogen) atoms. The summed E-state index contributed by atoms with van der Waals surface area (Å²) in [5.41, 5.74) is 0. The van der Waals surface area contributed by atoms with Crippen molar-refractivity contribution in [2.45, 2.75) is 44.7 Å². The first kappa shape index (κ1) is 19.0. The van der Waals surface area contributed by atoms with Gasteiger partial charge < -0.3 is 15.2 Å². The van der Waals surface area contributed by atoms with Crippen molar-refractivity contribution in [3.8, 4) is 0 Å². The van der Waals surface area contributed by atoms with Crippen molar-refractivity contribution in [2.75, 3.05) is 19.8 Å². The number of aliphatic carboxylic acids is 1. The van der Waals surface area contributed by atoms with E-state index in [0.717, 1.165) is 0 Å². The summed E-state index contributed by atoms with van der Waals surface area (Å²) in [6.07, 6.45) is -2.01. The number of halogens is 3. The van der Waals surface area contributed by atoms with Gasteiger partial charge in [0.05, 0.1) is 11.8 Å². The Morgan fingerprint density at radius 3 is 2.33 bits per heavy atom. The Kier molecular flexibility index (Phi) is 6.48. The standard InChI is InChI=1S/C16H24F3NO4/c17-16(18,19)13-4-2-1-3-11(13)14(21)20-9-12(15(22)23)10-5-7-24-8-6-10/h10-13H,1-9H2,(H,20,21)(H,22,23). The van der Waals surface area contributed by atoms with Crippen LogP contribution >= 0.6 is 0 Å². The molecule has 2 fully saturated rings. The van der Waals surface area contributed by atoms with E-state index in [4.69, 9.17) is 4.74 Å². The Balaban J connectivity index is 1.95. The molecular formula is C16H24F3NO4. The molecule has 0 aromatic carbocycles. The number of carbonyl (C=O) groups excluding carboxylic acids is 1. The highest BCUT2D eigenvalue weighted by Gasteiger charge is 2.48. The van der Waals surface area contributed by atoms with Crippen LogP contribution in [0.4, 0.5) is 13.2 Å². The maximum absolute atomic E-state index is 13.1. The fourth-order valence-electron chi connectivity index (χ4n) is 3.75. The Morgan fingerprint density at radius 2 is 1.75 bits per heavy atom. The maximum atomic E-state index is 13.1. The van der Waals surface area contributed by atoms with Gasteiger partial charge in [0, 0.05) is 25.7 Å². The summed E-state index contributed by atoms with van der Waals surface area (Å²) in [4.78, 5) is 23.7. The first-order valence-corrected chi connectivity index (χ1v) is 8.45. The molecule has 1 saturated carbocycles. The van der Waals surface area contributed by atoms with Gasteiger partial charge in [-0.3, -0.25) is 9.59 Å². The highest BCUT2D eigenvalue weighted by Crippen LogP contribution is 2.41. The molecule has 1 aliphatic heterocycles. The lowest BCUT2D eigenvalue weighted by molar-refractivity contribution is -0.198. The predicted octanol–water partition coefficient (Wildman–Crippen LogP) is 2.60. The van der Waals surface area contributed by atoms with Crippen molar-refractivity contribution in [2.24, 2.45) is 23.7 Å². The van der Waals surface area contributed by atoms with E-state index in [2.05, 4.69) is 5.32 Å². The van der Waals surface area contributed by atoms with Crippen LogP contribution in [-0.2, 0) is 14.3 Å². The molecule has 1 saturated heterocycles. The van der Waals surface area contributed by atoms with Crippen LogP contribution in [0.2, 0.25) is 0 Å². The highest BCUT2D eigenvalue weighted by atomic mass is 19.4. The summed E-state index contributed by atoms with van der Waals surface area (Å²) < 4.78 is 44.4. The second kappa shape index (κ2) is 8.18. The summed E-state index contributed by atoms with van der Waals surface area (Å²) in [5, 5.41) is 11.8. The zero-order valence-electron chi connectivity index (χ0n) is 13.5. The first-order chi connectivity index (χ1) is 11.3. The third-order valence-electron chi connectivity index (χ3n) is 5.17. The summed E-state index contributed by atoms with van der Waals surface area (Å²) in [5.74, 6) is -5.35. The number of hydrogen-bond donors (Lipinski definition) is 2. The SMILES string of the molecule is O=C(O)C(CNC(=O)C1CCCCC1C(F)(F)F)C1CCOCC1. The van der Waals surface area contributed by atoms with Crippen molar-refractivity contribution in [3.63, 3.8) is 0 Å². The van der Waals surface area contributed by atoms with Crippen LogP contribution < -0.4 is 5.32 Å². The number of rotatable bonds is 5. The summed E-state index contributed by atoms with van der Waals surface area (Å²) in [7, 11) is 0. The van der Waals surface area contributed by atoms with Gasteiger partial charge in [-0.15, -0.1) is 0 Å². The van der Waals surface area contributed by atoms with Gasteiger partial charge >= 0.3 is 12.1 Å². The lowest BCUT2D eigenvalue weighted by atomic mass is 9.78. The summed E-state index contributed by atoms with van der Waals surface area (Å²) in [6.45, 7) is 0.822. The minimum absolute atomic E-state index is 0.0378.